The molecule has 5 aromatic rings. The summed E-state index contributed by atoms with van der Waals surface area (Å²) in [6.45, 7) is 5.86. The molecule has 1 aliphatic heterocycles. The highest BCUT2D eigenvalue weighted by Crippen LogP contribution is 2.40. The first-order chi connectivity index (χ1) is 18.7. The molecule has 4 nitrogen and oxygen atoms in total. The first-order valence-electron chi connectivity index (χ1n) is 13.1. The molecule has 6 rings (SSSR count). The van der Waals surface area contributed by atoms with E-state index < -0.39 is 0 Å². The van der Waals surface area contributed by atoms with Crippen LogP contribution >= 0.6 is 11.3 Å². The molecule has 4 aromatic carbocycles. The van der Waals surface area contributed by atoms with Crippen molar-refractivity contribution in [3.05, 3.63) is 126 Å². The fourth-order valence-electron chi connectivity index (χ4n) is 4.81. The zero-order chi connectivity index (χ0) is 25.7. The van der Waals surface area contributed by atoms with Crippen LogP contribution in [0.3, 0.4) is 0 Å². The molecule has 0 amide bonds. The molecule has 0 radical (unpaired) electrons. The Labute approximate surface area is 228 Å². The monoisotopic (exact) mass is 514 g/mol. The number of para-hydroxylation sites is 1. The van der Waals surface area contributed by atoms with Gasteiger partial charge in [0.25, 0.3) is 0 Å². The normalized spacial score (nSPS) is 14.1. The lowest BCUT2D eigenvalue weighted by atomic mass is 10.1. The maximum Gasteiger partial charge on any atom is 0.146 e. The fraction of sp³-hybridized carbons (Fsp3) is 0.152. The average Bonchev–Trinajstić information content (AvgIpc) is 3.42. The highest BCUT2D eigenvalue weighted by atomic mass is 32.1. The lowest BCUT2D eigenvalue weighted by Crippen LogP contribution is -2.49. The summed E-state index contributed by atoms with van der Waals surface area (Å²) in [6, 6.07) is 40.2. The van der Waals surface area contributed by atoms with E-state index in [1.54, 1.807) is 11.3 Å². The highest BCUT2D eigenvalue weighted by molar-refractivity contribution is 7.19. The minimum Gasteiger partial charge on any atom is -0.368 e. The van der Waals surface area contributed by atoms with Crippen molar-refractivity contribution in [1.82, 2.24) is 9.88 Å². The first-order valence-corrected chi connectivity index (χ1v) is 13.9. The number of amidine groups is 1. The van der Waals surface area contributed by atoms with Gasteiger partial charge >= 0.3 is 0 Å². The van der Waals surface area contributed by atoms with Crippen molar-refractivity contribution in [2.75, 3.05) is 31.1 Å². The van der Waals surface area contributed by atoms with Crippen LogP contribution in [0.25, 0.3) is 21.8 Å². The lowest BCUT2D eigenvalue weighted by molar-refractivity contribution is 0.386. The summed E-state index contributed by atoms with van der Waals surface area (Å²) < 4.78 is 0. The Kier molecular flexibility index (Phi) is 7.01. The van der Waals surface area contributed by atoms with Crippen LogP contribution in [-0.2, 0) is 0 Å². The number of hydrogen-bond acceptors (Lipinski definition) is 4. The minimum absolute atomic E-state index is 0.909. The second kappa shape index (κ2) is 11.0. The van der Waals surface area contributed by atoms with Crippen LogP contribution in [0.15, 0.2) is 120 Å². The van der Waals surface area contributed by atoms with E-state index in [0.717, 1.165) is 64.4 Å². The topological polar surface area (TPSA) is 31.7 Å². The Morgan fingerprint density at radius 2 is 1.26 bits per heavy atom. The van der Waals surface area contributed by atoms with Crippen LogP contribution in [0.5, 0.6) is 0 Å². The van der Waals surface area contributed by atoms with Gasteiger partial charge in [0, 0.05) is 48.6 Å². The van der Waals surface area contributed by atoms with E-state index >= 15 is 0 Å². The molecule has 0 spiro atoms. The molecule has 0 atom stereocenters. The van der Waals surface area contributed by atoms with Gasteiger partial charge in [-0.2, -0.15) is 0 Å². The molecule has 188 valence electrons. The SMILES string of the molecule is Cc1ccc(/C(=N/c2sc(-c3ccccc3)nc2-c2ccccc2)N2CCN(c3ccccc3)CC2)cc1. The van der Waals surface area contributed by atoms with Crippen molar-refractivity contribution < 1.29 is 0 Å². The molecule has 5 heteroatoms. The average molecular weight is 515 g/mol. The Bertz CT molecular complexity index is 1500. The standard InChI is InChI=1S/C33H30N4S/c1-25-17-19-27(20-18-25)31(37-23-21-36(22-24-37)29-15-9-4-10-16-29)35-33-30(26-11-5-2-6-12-26)34-32(38-33)28-13-7-3-8-14-28/h2-20H,21-24H2,1H3/b35-31-. The van der Waals surface area contributed by atoms with Crippen LogP contribution in [0.4, 0.5) is 10.7 Å². The summed E-state index contributed by atoms with van der Waals surface area (Å²) in [7, 11) is 0. The van der Waals surface area contributed by atoms with Crippen LogP contribution in [-0.4, -0.2) is 41.9 Å². The van der Waals surface area contributed by atoms with Crippen molar-refractivity contribution >= 4 is 27.9 Å². The third-order valence-corrected chi connectivity index (χ3v) is 7.89. The zero-order valence-corrected chi connectivity index (χ0v) is 22.3. The minimum atomic E-state index is 0.909. The number of benzene rings is 4. The largest absolute Gasteiger partial charge is 0.368 e. The lowest BCUT2D eigenvalue weighted by Gasteiger charge is -2.37. The van der Waals surface area contributed by atoms with Gasteiger partial charge in [-0.25, -0.2) is 9.98 Å². The van der Waals surface area contributed by atoms with Gasteiger partial charge in [0.1, 0.15) is 21.5 Å². The first kappa shape index (κ1) is 24.1. The fourth-order valence-corrected chi connectivity index (χ4v) is 5.77. The van der Waals surface area contributed by atoms with Gasteiger partial charge in [0.15, 0.2) is 0 Å². The molecule has 38 heavy (non-hydrogen) atoms. The van der Waals surface area contributed by atoms with Gasteiger partial charge in [0.2, 0.25) is 0 Å². The summed E-state index contributed by atoms with van der Waals surface area (Å²) in [5.74, 6) is 1.01. The molecule has 1 aliphatic rings. The molecular formula is C33H30N4S. The summed E-state index contributed by atoms with van der Waals surface area (Å²) in [4.78, 5) is 15.4. The molecule has 2 heterocycles. The predicted molar refractivity (Wildman–Crippen MR) is 161 cm³/mol. The maximum absolute atomic E-state index is 5.38. The molecule has 1 saturated heterocycles. The maximum atomic E-state index is 5.38. The smallest absolute Gasteiger partial charge is 0.146 e. The number of aromatic nitrogens is 1. The molecule has 0 aliphatic carbocycles. The van der Waals surface area contributed by atoms with E-state index in [-0.39, 0.29) is 0 Å². The number of aryl methyl sites for hydroxylation is 1. The second-order valence-electron chi connectivity index (χ2n) is 9.52. The number of nitrogens with zero attached hydrogens (tertiary/aromatic N) is 4. The van der Waals surface area contributed by atoms with Crippen LogP contribution in [0.1, 0.15) is 11.1 Å². The molecule has 1 fully saturated rings. The Morgan fingerprint density at radius 3 is 1.89 bits per heavy atom. The van der Waals surface area contributed by atoms with Crippen molar-refractivity contribution in [1.29, 1.82) is 0 Å². The van der Waals surface area contributed by atoms with E-state index in [1.165, 1.54) is 11.3 Å². The molecule has 1 aromatic heterocycles. The number of rotatable bonds is 5. The van der Waals surface area contributed by atoms with E-state index in [2.05, 4.69) is 120 Å². The summed E-state index contributed by atoms with van der Waals surface area (Å²) in [5.41, 5.74) is 6.80. The van der Waals surface area contributed by atoms with Gasteiger partial charge in [-0.15, -0.1) is 0 Å². The summed E-state index contributed by atoms with van der Waals surface area (Å²) >= 11 is 1.66. The second-order valence-corrected chi connectivity index (χ2v) is 10.5. The van der Waals surface area contributed by atoms with Gasteiger partial charge in [0.05, 0.1) is 0 Å². The number of hydrogen-bond donors (Lipinski definition) is 0. The van der Waals surface area contributed by atoms with Crippen LogP contribution in [0.2, 0.25) is 0 Å². The summed E-state index contributed by atoms with van der Waals surface area (Å²) in [6.07, 6.45) is 0. The van der Waals surface area contributed by atoms with E-state index in [4.69, 9.17) is 9.98 Å². The molecular weight excluding hydrogens is 484 g/mol. The van der Waals surface area contributed by atoms with Gasteiger partial charge in [-0.3, -0.25) is 0 Å². The Balaban J connectivity index is 1.41. The van der Waals surface area contributed by atoms with Gasteiger partial charge in [-0.1, -0.05) is 120 Å². The zero-order valence-electron chi connectivity index (χ0n) is 21.5. The van der Waals surface area contributed by atoms with E-state index in [9.17, 15) is 0 Å². The van der Waals surface area contributed by atoms with Gasteiger partial charge in [-0.05, 0) is 19.1 Å². The van der Waals surface area contributed by atoms with E-state index in [1.807, 2.05) is 12.1 Å². The van der Waals surface area contributed by atoms with E-state index in [0.29, 0.717) is 0 Å². The summed E-state index contributed by atoms with van der Waals surface area (Å²) in [5, 5.41) is 1.93. The van der Waals surface area contributed by atoms with Crippen molar-refractivity contribution in [2.45, 2.75) is 6.92 Å². The number of thiazole rings is 1. The van der Waals surface area contributed by atoms with Crippen molar-refractivity contribution in [3.63, 3.8) is 0 Å². The quantitative estimate of drug-likeness (QED) is 0.178. The molecule has 0 bridgehead atoms. The number of piperazine rings is 1. The molecule has 0 saturated carbocycles. The molecule has 0 N–H and O–H groups in total. The Morgan fingerprint density at radius 1 is 0.684 bits per heavy atom. The van der Waals surface area contributed by atoms with Crippen LogP contribution < -0.4 is 4.90 Å². The predicted octanol–water partition coefficient (Wildman–Crippen LogP) is 7.69. The number of anilines is 1. The van der Waals surface area contributed by atoms with Crippen molar-refractivity contribution in [2.24, 2.45) is 4.99 Å². The number of aliphatic imine (C=N–C) groups is 1. The Hall–Kier alpha value is -4.22. The van der Waals surface area contributed by atoms with Crippen molar-refractivity contribution in [3.8, 4) is 21.8 Å². The van der Waals surface area contributed by atoms with Gasteiger partial charge < -0.3 is 9.80 Å². The molecule has 0 unspecified atom stereocenters. The third-order valence-electron chi connectivity index (χ3n) is 6.89. The van der Waals surface area contributed by atoms with Crippen LogP contribution in [0, 0.1) is 6.92 Å². The third kappa shape index (κ3) is 5.24. The highest BCUT2D eigenvalue weighted by Gasteiger charge is 2.23.